The second kappa shape index (κ2) is 5.21. The lowest BCUT2D eigenvalue weighted by Gasteiger charge is -1.98. The van der Waals surface area contributed by atoms with Crippen LogP contribution in [0.5, 0.6) is 0 Å². The third-order valence-corrected chi connectivity index (χ3v) is 3.62. The van der Waals surface area contributed by atoms with Crippen molar-refractivity contribution in [3.8, 4) is 17.3 Å². The number of hydrogen-bond donors (Lipinski definition) is 1. The largest absolute Gasteiger partial charge is 0.401 e. The minimum Gasteiger partial charge on any atom is -0.401 e. The normalized spacial score (nSPS) is 11.9. The molecule has 0 unspecified atom stereocenters. The fraction of sp³-hybridized carbons (Fsp3) is 0.143. The van der Waals surface area contributed by atoms with E-state index in [2.05, 4.69) is 11.1 Å². The van der Waals surface area contributed by atoms with Crippen LogP contribution in [0.25, 0.3) is 16.8 Å². The molecule has 3 nitrogen and oxygen atoms in total. The van der Waals surface area contributed by atoms with Crippen LogP contribution >= 0.6 is 11.3 Å². The molecule has 0 aliphatic carbocycles. The summed E-state index contributed by atoms with van der Waals surface area (Å²) < 4.78 is 12.9. The van der Waals surface area contributed by atoms with Crippen LogP contribution in [0.4, 0.5) is 4.39 Å². The molecule has 0 fully saturated rings. The first-order chi connectivity index (χ1) is 9.02. The topological polar surface area (TPSA) is 62.7 Å². The van der Waals surface area contributed by atoms with E-state index in [1.807, 2.05) is 6.92 Å². The van der Waals surface area contributed by atoms with E-state index in [0.29, 0.717) is 16.3 Å². The quantitative estimate of drug-likeness (QED) is 0.852. The number of halogens is 1. The van der Waals surface area contributed by atoms with E-state index in [-0.39, 0.29) is 5.82 Å². The molecule has 96 valence electrons. The van der Waals surface area contributed by atoms with Crippen LogP contribution in [0.15, 0.2) is 30.0 Å². The lowest BCUT2D eigenvalue weighted by molar-refractivity contribution is 0.628. The van der Waals surface area contributed by atoms with Gasteiger partial charge in [0.05, 0.1) is 5.69 Å². The fourth-order valence-electron chi connectivity index (χ4n) is 1.68. The van der Waals surface area contributed by atoms with Gasteiger partial charge >= 0.3 is 0 Å². The average Bonchev–Trinajstić information content (AvgIpc) is 2.72. The molecule has 0 radical (unpaired) electrons. The highest BCUT2D eigenvalue weighted by atomic mass is 32.1. The molecule has 2 aromatic rings. The highest BCUT2D eigenvalue weighted by molar-refractivity contribution is 7.13. The second-order valence-electron chi connectivity index (χ2n) is 4.10. The molecule has 2 rings (SSSR count). The maximum Gasteiger partial charge on any atom is 0.136 e. The molecule has 1 heterocycles. The number of aromatic nitrogens is 1. The zero-order valence-corrected chi connectivity index (χ0v) is 11.4. The Morgan fingerprint density at radius 3 is 2.53 bits per heavy atom. The third kappa shape index (κ3) is 2.64. The molecule has 0 bridgehead atoms. The smallest absolute Gasteiger partial charge is 0.136 e. The molecular formula is C14H12FN3S. The summed E-state index contributed by atoms with van der Waals surface area (Å²) in [5.74, 6) is -0.285. The number of nitrogens with zero attached hydrogens (tertiary/aromatic N) is 2. The number of rotatable bonds is 2. The predicted molar refractivity (Wildman–Crippen MR) is 74.6 cm³/mol. The van der Waals surface area contributed by atoms with Gasteiger partial charge in [0.15, 0.2) is 0 Å². The first-order valence-electron chi connectivity index (χ1n) is 5.63. The number of nitrogens with two attached hydrogens (primary N) is 1. The minimum atomic E-state index is -0.285. The van der Waals surface area contributed by atoms with Crippen LogP contribution in [0.2, 0.25) is 0 Å². The van der Waals surface area contributed by atoms with Gasteiger partial charge < -0.3 is 5.73 Å². The molecule has 0 saturated carbocycles. The van der Waals surface area contributed by atoms with Gasteiger partial charge in [0.1, 0.15) is 22.5 Å². The Kier molecular flexibility index (Phi) is 3.63. The Labute approximate surface area is 114 Å². The Balaban J connectivity index is 2.51. The van der Waals surface area contributed by atoms with E-state index >= 15 is 0 Å². The van der Waals surface area contributed by atoms with Gasteiger partial charge in [-0.25, -0.2) is 9.37 Å². The van der Waals surface area contributed by atoms with E-state index in [1.165, 1.54) is 23.5 Å². The van der Waals surface area contributed by atoms with E-state index < -0.39 is 0 Å². The van der Waals surface area contributed by atoms with Crippen molar-refractivity contribution in [2.24, 2.45) is 5.73 Å². The van der Waals surface area contributed by atoms with Gasteiger partial charge in [0.2, 0.25) is 0 Å². The average molecular weight is 273 g/mol. The van der Waals surface area contributed by atoms with Crippen LogP contribution in [0, 0.1) is 24.1 Å². The molecule has 0 spiro atoms. The van der Waals surface area contributed by atoms with E-state index in [4.69, 9.17) is 11.0 Å². The SMILES string of the molecule is CC(N)=C(C#N)c1nc(-c2ccc(F)cc2)c(C)s1. The third-order valence-electron chi connectivity index (χ3n) is 2.63. The molecule has 0 aliphatic heterocycles. The zero-order chi connectivity index (χ0) is 14.0. The summed E-state index contributed by atoms with van der Waals surface area (Å²) in [5, 5.41) is 9.68. The summed E-state index contributed by atoms with van der Waals surface area (Å²) in [6.07, 6.45) is 0. The van der Waals surface area contributed by atoms with Crippen LogP contribution in [-0.2, 0) is 0 Å². The Morgan fingerprint density at radius 2 is 2.00 bits per heavy atom. The van der Waals surface area contributed by atoms with Crippen molar-refractivity contribution in [1.29, 1.82) is 5.26 Å². The molecule has 0 aliphatic rings. The number of aryl methyl sites for hydroxylation is 1. The molecule has 0 amide bonds. The van der Waals surface area contributed by atoms with Crippen molar-refractivity contribution in [2.75, 3.05) is 0 Å². The van der Waals surface area contributed by atoms with Crippen molar-refractivity contribution < 1.29 is 4.39 Å². The van der Waals surface area contributed by atoms with Crippen molar-refractivity contribution in [1.82, 2.24) is 4.98 Å². The highest BCUT2D eigenvalue weighted by Gasteiger charge is 2.14. The van der Waals surface area contributed by atoms with Crippen molar-refractivity contribution >= 4 is 16.9 Å². The second-order valence-corrected chi connectivity index (χ2v) is 5.30. The van der Waals surface area contributed by atoms with E-state index in [9.17, 15) is 4.39 Å². The van der Waals surface area contributed by atoms with Crippen LogP contribution < -0.4 is 5.73 Å². The zero-order valence-electron chi connectivity index (χ0n) is 10.6. The Hall–Kier alpha value is -2.19. The molecular weight excluding hydrogens is 261 g/mol. The fourth-order valence-corrected chi connectivity index (χ4v) is 2.68. The number of benzene rings is 1. The number of thiazole rings is 1. The van der Waals surface area contributed by atoms with Gasteiger partial charge in [0.25, 0.3) is 0 Å². The van der Waals surface area contributed by atoms with Gasteiger partial charge in [0, 0.05) is 16.1 Å². The molecule has 1 aromatic heterocycles. The Bertz CT molecular complexity index is 674. The van der Waals surface area contributed by atoms with Gasteiger partial charge in [-0.15, -0.1) is 11.3 Å². The number of hydrogen-bond acceptors (Lipinski definition) is 4. The first kappa shape index (κ1) is 13.2. The van der Waals surface area contributed by atoms with E-state index in [0.717, 1.165) is 16.1 Å². The summed E-state index contributed by atoms with van der Waals surface area (Å²) in [4.78, 5) is 5.41. The lowest BCUT2D eigenvalue weighted by atomic mass is 10.1. The van der Waals surface area contributed by atoms with Gasteiger partial charge in [-0.3, -0.25) is 0 Å². The summed E-state index contributed by atoms with van der Waals surface area (Å²) in [5.41, 5.74) is 8.09. The molecule has 0 atom stereocenters. The minimum absolute atomic E-state index is 0.285. The first-order valence-corrected chi connectivity index (χ1v) is 6.44. The van der Waals surface area contributed by atoms with E-state index in [1.54, 1.807) is 19.1 Å². The summed E-state index contributed by atoms with van der Waals surface area (Å²) in [6.45, 7) is 3.59. The van der Waals surface area contributed by atoms with Crippen molar-refractivity contribution in [3.63, 3.8) is 0 Å². The van der Waals surface area contributed by atoms with Crippen LogP contribution in [-0.4, -0.2) is 4.98 Å². The maximum atomic E-state index is 12.9. The maximum absolute atomic E-state index is 12.9. The van der Waals surface area contributed by atoms with Crippen molar-refractivity contribution in [2.45, 2.75) is 13.8 Å². The standard InChI is InChI=1S/C14H12FN3S/c1-8(17)12(7-16)14-18-13(9(2)19-14)10-3-5-11(15)6-4-10/h3-6H,17H2,1-2H3. The van der Waals surface area contributed by atoms with Crippen LogP contribution in [0.3, 0.4) is 0 Å². The van der Waals surface area contributed by atoms with Crippen LogP contribution in [0.1, 0.15) is 16.8 Å². The molecule has 0 saturated heterocycles. The van der Waals surface area contributed by atoms with Gasteiger partial charge in [-0.05, 0) is 38.1 Å². The monoisotopic (exact) mass is 273 g/mol. The highest BCUT2D eigenvalue weighted by Crippen LogP contribution is 2.31. The lowest BCUT2D eigenvalue weighted by Crippen LogP contribution is -1.96. The predicted octanol–water partition coefficient (Wildman–Crippen LogP) is 3.47. The van der Waals surface area contributed by atoms with Gasteiger partial charge in [-0.2, -0.15) is 5.26 Å². The Morgan fingerprint density at radius 1 is 1.37 bits per heavy atom. The molecule has 2 N–H and O–H groups in total. The molecule has 5 heteroatoms. The molecule has 19 heavy (non-hydrogen) atoms. The number of nitriles is 1. The van der Waals surface area contributed by atoms with Gasteiger partial charge in [-0.1, -0.05) is 0 Å². The molecule has 1 aromatic carbocycles. The summed E-state index contributed by atoms with van der Waals surface area (Å²) in [7, 11) is 0. The van der Waals surface area contributed by atoms with Crippen molar-refractivity contribution in [3.05, 3.63) is 45.7 Å². The number of allylic oxidation sites excluding steroid dienone is 2. The summed E-state index contributed by atoms with van der Waals surface area (Å²) in [6, 6.07) is 8.19. The summed E-state index contributed by atoms with van der Waals surface area (Å²) >= 11 is 1.41.